The van der Waals surface area contributed by atoms with Crippen LogP contribution in [0.1, 0.15) is 25.1 Å². The Bertz CT molecular complexity index is 867. The Morgan fingerprint density at radius 1 is 1.11 bits per heavy atom. The van der Waals surface area contributed by atoms with Crippen molar-refractivity contribution >= 4 is 23.6 Å². The van der Waals surface area contributed by atoms with Crippen LogP contribution in [0.4, 0.5) is 11.4 Å². The standard InChI is InChI=1S/C18H24N6O2S/c25-24(26)16-7-5-15(6-8-16)21-12-10-20(11-13-21)14-23-18(27)22-9-3-1-2-4-17(22)19-23/h5-8H,1-4,9-14H2/p+1. The molecule has 2 aliphatic heterocycles. The van der Waals surface area contributed by atoms with Crippen molar-refractivity contribution < 1.29 is 9.82 Å². The van der Waals surface area contributed by atoms with Crippen LogP contribution >= 0.6 is 12.2 Å². The zero-order chi connectivity index (χ0) is 18.8. The minimum atomic E-state index is -0.359. The second-order valence-electron chi connectivity index (χ2n) is 7.33. The van der Waals surface area contributed by atoms with Crippen molar-refractivity contribution in [2.45, 2.75) is 38.9 Å². The minimum Gasteiger partial charge on any atom is -0.360 e. The molecule has 1 N–H and O–H groups in total. The molecule has 144 valence electrons. The zero-order valence-electron chi connectivity index (χ0n) is 15.3. The number of fused-ring (bicyclic) bond motifs is 1. The van der Waals surface area contributed by atoms with Crippen molar-refractivity contribution in [3.63, 3.8) is 0 Å². The van der Waals surface area contributed by atoms with Crippen molar-refractivity contribution in [1.29, 1.82) is 0 Å². The normalized spacial score (nSPS) is 18.1. The molecular weight excluding hydrogens is 364 g/mol. The van der Waals surface area contributed by atoms with Crippen LogP contribution in [0.3, 0.4) is 0 Å². The van der Waals surface area contributed by atoms with Crippen LogP contribution in [0.25, 0.3) is 0 Å². The Balaban J connectivity index is 1.37. The molecular formula is C18H25N6O2S+. The summed E-state index contributed by atoms with van der Waals surface area (Å²) in [5, 5.41) is 15.6. The molecule has 0 radical (unpaired) electrons. The number of aryl methyl sites for hydroxylation is 1. The third kappa shape index (κ3) is 3.89. The molecule has 1 aromatic carbocycles. The van der Waals surface area contributed by atoms with Crippen LogP contribution in [0.2, 0.25) is 0 Å². The number of hydrogen-bond acceptors (Lipinski definition) is 5. The van der Waals surface area contributed by atoms with Gasteiger partial charge in [0, 0.05) is 30.8 Å². The second-order valence-corrected chi connectivity index (χ2v) is 7.69. The Morgan fingerprint density at radius 2 is 1.85 bits per heavy atom. The predicted molar refractivity (Wildman–Crippen MR) is 105 cm³/mol. The van der Waals surface area contributed by atoms with Gasteiger partial charge in [0.1, 0.15) is 5.82 Å². The number of nitrogens with zero attached hydrogens (tertiary/aromatic N) is 5. The molecule has 0 bridgehead atoms. The first-order valence-corrected chi connectivity index (χ1v) is 10.0. The average Bonchev–Trinajstić information content (AvgIpc) is 2.85. The first kappa shape index (κ1) is 18.1. The maximum atomic E-state index is 10.8. The highest BCUT2D eigenvalue weighted by atomic mass is 32.1. The van der Waals surface area contributed by atoms with Crippen LogP contribution in [0.15, 0.2) is 24.3 Å². The molecule has 2 aromatic rings. The number of nitro groups is 1. The van der Waals surface area contributed by atoms with E-state index in [9.17, 15) is 10.1 Å². The molecule has 27 heavy (non-hydrogen) atoms. The van der Waals surface area contributed by atoms with E-state index >= 15 is 0 Å². The molecule has 0 saturated carbocycles. The molecule has 9 heteroatoms. The van der Waals surface area contributed by atoms with E-state index in [1.807, 2.05) is 16.8 Å². The van der Waals surface area contributed by atoms with Crippen LogP contribution in [0, 0.1) is 14.9 Å². The summed E-state index contributed by atoms with van der Waals surface area (Å²) in [6, 6.07) is 6.83. The number of anilines is 1. The molecule has 1 fully saturated rings. The van der Waals surface area contributed by atoms with Gasteiger partial charge in [0.15, 0.2) is 6.67 Å². The highest BCUT2D eigenvalue weighted by Gasteiger charge is 2.23. The number of hydrogen-bond donors (Lipinski definition) is 1. The van der Waals surface area contributed by atoms with Crippen LogP contribution in [-0.2, 0) is 19.6 Å². The first-order valence-electron chi connectivity index (χ1n) is 9.61. The molecule has 0 aliphatic carbocycles. The molecule has 0 atom stereocenters. The van der Waals surface area contributed by atoms with Gasteiger partial charge in [-0.2, -0.15) is 9.78 Å². The van der Waals surface area contributed by atoms with Crippen molar-refractivity contribution in [3.8, 4) is 0 Å². The maximum absolute atomic E-state index is 10.8. The van der Waals surface area contributed by atoms with Gasteiger partial charge >= 0.3 is 0 Å². The molecule has 8 nitrogen and oxygen atoms in total. The van der Waals surface area contributed by atoms with Gasteiger partial charge < -0.3 is 14.4 Å². The summed E-state index contributed by atoms with van der Waals surface area (Å²) < 4.78 is 5.08. The summed E-state index contributed by atoms with van der Waals surface area (Å²) in [5.41, 5.74) is 1.18. The highest BCUT2D eigenvalue weighted by Crippen LogP contribution is 2.19. The summed E-state index contributed by atoms with van der Waals surface area (Å²) in [6.45, 7) is 5.66. The van der Waals surface area contributed by atoms with Crippen LogP contribution in [0.5, 0.6) is 0 Å². The first-order chi connectivity index (χ1) is 13.1. The number of aromatic nitrogens is 3. The van der Waals surface area contributed by atoms with E-state index < -0.39 is 0 Å². The van der Waals surface area contributed by atoms with Crippen LogP contribution < -0.4 is 9.80 Å². The third-order valence-electron chi connectivity index (χ3n) is 5.55. The number of non-ortho nitro benzene ring substituents is 1. The van der Waals surface area contributed by atoms with Gasteiger partial charge in [0.25, 0.3) is 5.69 Å². The second kappa shape index (κ2) is 7.77. The Labute approximate surface area is 163 Å². The van der Waals surface area contributed by atoms with Gasteiger partial charge in [-0.15, -0.1) is 0 Å². The molecule has 0 spiro atoms. The van der Waals surface area contributed by atoms with E-state index in [0.29, 0.717) is 0 Å². The zero-order valence-corrected chi connectivity index (χ0v) is 16.2. The lowest BCUT2D eigenvalue weighted by Crippen LogP contribution is -3.14. The van der Waals surface area contributed by atoms with Crippen molar-refractivity contribution in [1.82, 2.24) is 14.3 Å². The van der Waals surface area contributed by atoms with E-state index in [1.165, 1.54) is 24.2 Å². The summed E-state index contributed by atoms with van der Waals surface area (Å²) in [7, 11) is 0. The van der Waals surface area contributed by atoms with Crippen molar-refractivity contribution in [2.75, 3.05) is 31.1 Å². The fourth-order valence-corrected chi connectivity index (χ4v) is 4.27. The van der Waals surface area contributed by atoms with E-state index in [2.05, 4.69) is 9.47 Å². The largest absolute Gasteiger partial charge is 0.360 e. The number of nitro benzene ring substituents is 1. The number of nitrogens with one attached hydrogen (secondary N) is 1. The molecule has 3 heterocycles. The van der Waals surface area contributed by atoms with E-state index in [-0.39, 0.29) is 10.6 Å². The highest BCUT2D eigenvalue weighted by molar-refractivity contribution is 7.71. The van der Waals surface area contributed by atoms with E-state index in [1.54, 1.807) is 12.1 Å². The lowest BCUT2D eigenvalue weighted by atomic mass is 10.2. The molecule has 0 unspecified atom stereocenters. The monoisotopic (exact) mass is 389 g/mol. The Morgan fingerprint density at radius 3 is 2.56 bits per heavy atom. The fraction of sp³-hybridized carbons (Fsp3) is 0.556. The molecule has 0 amide bonds. The third-order valence-corrected chi connectivity index (χ3v) is 5.98. The Kier molecular flexibility index (Phi) is 5.22. The van der Waals surface area contributed by atoms with Gasteiger partial charge in [0.2, 0.25) is 4.77 Å². The topological polar surface area (TPSA) is 73.6 Å². The molecule has 2 aliphatic rings. The smallest absolute Gasteiger partial charge is 0.269 e. The minimum absolute atomic E-state index is 0.136. The lowest BCUT2D eigenvalue weighted by Gasteiger charge is -2.33. The summed E-state index contributed by atoms with van der Waals surface area (Å²) in [6.07, 6.45) is 4.67. The van der Waals surface area contributed by atoms with E-state index in [0.717, 1.165) is 62.1 Å². The maximum Gasteiger partial charge on any atom is 0.269 e. The van der Waals surface area contributed by atoms with Gasteiger partial charge in [-0.05, 0) is 37.2 Å². The molecule has 1 aromatic heterocycles. The quantitative estimate of drug-likeness (QED) is 0.486. The predicted octanol–water partition coefficient (Wildman–Crippen LogP) is 1.41. The summed E-state index contributed by atoms with van der Waals surface area (Å²) in [5.74, 6) is 1.14. The fourth-order valence-electron chi connectivity index (χ4n) is 3.96. The number of quaternary nitrogens is 1. The van der Waals surface area contributed by atoms with Gasteiger partial charge in [-0.1, -0.05) is 6.42 Å². The molecule has 4 rings (SSSR count). The number of piperazine rings is 1. The number of benzene rings is 1. The van der Waals surface area contributed by atoms with Crippen molar-refractivity contribution in [2.24, 2.45) is 0 Å². The lowest BCUT2D eigenvalue weighted by molar-refractivity contribution is -0.924. The van der Waals surface area contributed by atoms with Crippen LogP contribution in [-0.4, -0.2) is 45.4 Å². The summed E-state index contributed by atoms with van der Waals surface area (Å²) in [4.78, 5) is 14.2. The average molecular weight is 390 g/mol. The Hall–Kier alpha value is -2.26. The SMILES string of the molecule is O=[N+]([O-])c1ccc(N2CC[NH+](Cn3nc4n(c3=S)CCCCC4)CC2)cc1. The van der Waals surface area contributed by atoms with E-state index in [4.69, 9.17) is 17.3 Å². The van der Waals surface area contributed by atoms with Gasteiger partial charge in [-0.3, -0.25) is 10.1 Å². The molecule has 1 saturated heterocycles. The van der Waals surface area contributed by atoms with Crippen molar-refractivity contribution in [3.05, 3.63) is 45.0 Å². The van der Waals surface area contributed by atoms with Gasteiger partial charge in [-0.25, -0.2) is 0 Å². The summed E-state index contributed by atoms with van der Waals surface area (Å²) >= 11 is 5.66. The van der Waals surface area contributed by atoms with Gasteiger partial charge in [0.05, 0.1) is 31.1 Å². The number of rotatable bonds is 4.